The highest BCUT2D eigenvalue weighted by Crippen LogP contribution is 2.37. The van der Waals surface area contributed by atoms with E-state index in [0.29, 0.717) is 5.69 Å². The monoisotopic (exact) mass is 393 g/mol. The van der Waals surface area contributed by atoms with Crippen LogP contribution in [0.2, 0.25) is 0 Å². The highest BCUT2D eigenvalue weighted by atomic mass is 79.9. The molecule has 0 fully saturated rings. The number of nitrogens with zero attached hydrogens (tertiary/aromatic N) is 2. The van der Waals surface area contributed by atoms with Crippen LogP contribution in [-0.4, -0.2) is 10.1 Å². The number of rotatable bonds is 2. The van der Waals surface area contributed by atoms with Gasteiger partial charge in [0, 0.05) is 14.3 Å². The van der Waals surface area contributed by atoms with Crippen LogP contribution in [0.1, 0.15) is 0 Å². The summed E-state index contributed by atoms with van der Waals surface area (Å²) < 4.78 is 1.90. The molecule has 0 atom stereocenters. The smallest absolute Gasteiger partial charge is 0.218 e. The first-order chi connectivity index (χ1) is 9.63. The van der Waals surface area contributed by atoms with Crippen molar-refractivity contribution in [2.75, 3.05) is 0 Å². The lowest BCUT2D eigenvalue weighted by Crippen LogP contribution is -1.67. The number of fused-ring (bicyclic) bond motifs is 1. The summed E-state index contributed by atoms with van der Waals surface area (Å²) in [5.74, 6) is 0.0129. The molecule has 0 saturated heterocycles. The van der Waals surface area contributed by atoms with Crippen LogP contribution in [0, 0.1) is 0 Å². The van der Waals surface area contributed by atoms with Crippen LogP contribution in [-0.2, 0) is 0 Å². The van der Waals surface area contributed by atoms with E-state index in [1.807, 2.05) is 42.5 Å². The zero-order valence-electron chi connectivity index (χ0n) is 10.1. The van der Waals surface area contributed by atoms with Gasteiger partial charge in [0.25, 0.3) is 0 Å². The molecule has 0 saturated carbocycles. The molecule has 0 spiro atoms. The Bertz CT molecular complexity index is 794. The summed E-state index contributed by atoms with van der Waals surface area (Å²) in [5.41, 5.74) is 1.97. The molecular weight excluding hydrogens is 386 g/mol. The Morgan fingerprint density at radius 1 is 0.900 bits per heavy atom. The fraction of sp³-hybridized carbons (Fsp3) is 0. The second-order valence-electron chi connectivity index (χ2n) is 4.19. The van der Waals surface area contributed by atoms with Gasteiger partial charge in [0.1, 0.15) is 0 Å². The second kappa shape index (κ2) is 5.38. The van der Waals surface area contributed by atoms with Gasteiger partial charge in [-0.3, -0.25) is 0 Å². The van der Waals surface area contributed by atoms with Crippen LogP contribution < -0.4 is 0 Å². The number of benzene rings is 2. The van der Waals surface area contributed by atoms with E-state index in [-0.39, 0.29) is 5.88 Å². The highest BCUT2D eigenvalue weighted by molar-refractivity contribution is 9.10. The number of halogens is 2. The first-order valence-electron chi connectivity index (χ1n) is 5.81. The zero-order valence-corrected chi connectivity index (χ0v) is 13.3. The van der Waals surface area contributed by atoms with Crippen LogP contribution in [0.5, 0.6) is 5.88 Å². The highest BCUT2D eigenvalue weighted by Gasteiger charge is 2.10. The Morgan fingerprint density at radius 2 is 1.60 bits per heavy atom. The Balaban J connectivity index is 2.03. The molecule has 1 heterocycles. The average Bonchev–Trinajstić information content (AvgIpc) is 2.73. The molecule has 4 nitrogen and oxygen atoms in total. The fourth-order valence-electron chi connectivity index (χ4n) is 1.85. The van der Waals surface area contributed by atoms with Crippen LogP contribution in [0.15, 0.2) is 61.6 Å². The second-order valence-corrected chi connectivity index (χ2v) is 6.02. The van der Waals surface area contributed by atoms with Gasteiger partial charge < -0.3 is 10.1 Å². The number of hydrogen-bond acceptors (Lipinski definition) is 3. The van der Waals surface area contributed by atoms with Crippen molar-refractivity contribution in [2.45, 2.75) is 0 Å². The van der Waals surface area contributed by atoms with E-state index in [1.165, 1.54) is 0 Å². The van der Waals surface area contributed by atoms with Gasteiger partial charge in [-0.1, -0.05) is 31.9 Å². The van der Waals surface area contributed by atoms with Crippen LogP contribution in [0.25, 0.3) is 10.9 Å². The third kappa shape index (κ3) is 2.62. The molecule has 0 aliphatic rings. The number of hydrogen-bond donors (Lipinski definition) is 2. The number of azo groups is 1. The van der Waals surface area contributed by atoms with E-state index in [4.69, 9.17) is 0 Å². The van der Waals surface area contributed by atoms with Crippen molar-refractivity contribution in [2.24, 2.45) is 10.2 Å². The predicted octanol–water partition coefficient (Wildman–Crippen LogP) is 5.81. The van der Waals surface area contributed by atoms with Gasteiger partial charge in [-0.15, -0.1) is 5.11 Å². The number of aromatic nitrogens is 1. The Morgan fingerprint density at radius 3 is 2.35 bits per heavy atom. The molecule has 0 radical (unpaired) electrons. The van der Waals surface area contributed by atoms with Crippen molar-refractivity contribution < 1.29 is 5.11 Å². The number of nitrogens with one attached hydrogen (secondary N) is 1. The molecule has 0 amide bonds. The molecule has 0 unspecified atom stereocenters. The lowest BCUT2D eigenvalue weighted by Gasteiger charge is -1.94. The van der Waals surface area contributed by atoms with Crippen molar-refractivity contribution in [3.8, 4) is 5.88 Å². The van der Waals surface area contributed by atoms with Crippen molar-refractivity contribution in [3.63, 3.8) is 0 Å². The molecule has 0 aliphatic heterocycles. The third-order valence-electron chi connectivity index (χ3n) is 2.81. The average molecular weight is 395 g/mol. The molecule has 1 aromatic heterocycles. The summed E-state index contributed by atoms with van der Waals surface area (Å²) in [6.07, 6.45) is 0. The summed E-state index contributed by atoms with van der Waals surface area (Å²) in [7, 11) is 0. The predicted molar refractivity (Wildman–Crippen MR) is 86.0 cm³/mol. The molecule has 20 heavy (non-hydrogen) atoms. The fourth-order valence-corrected chi connectivity index (χ4v) is 2.48. The maximum atomic E-state index is 9.92. The van der Waals surface area contributed by atoms with E-state index in [9.17, 15) is 5.11 Å². The van der Waals surface area contributed by atoms with E-state index >= 15 is 0 Å². The maximum absolute atomic E-state index is 9.92. The standard InChI is InChI=1S/C14H9Br2N3O/c15-8-1-4-10(5-2-8)18-19-13-11-7-9(16)3-6-12(11)17-14(13)20/h1-7,17,20H. The molecule has 2 N–H and O–H groups in total. The van der Waals surface area contributed by atoms with E-state index < -0.39 is 0 Å². The number of aromatic amines is 1. The quantitative estimate of drug-likeness (QED) is 0.529. The van der Waals surface area contributed by atoms with Crippen LogP contribution in [0.3, 0.4) is 0 Å². The largest absolute Gasteiger partial charge is 0.493 e. The van der Waals surface area contributed by atoms with Crippen LogP contribution >= 0.6 is 31.9 Å². The summed E-state index contributed by atoms with van der Waals surface area (Å²) in [6.45, 7) is 0. The van der Waals surface area contributed by atoms with E-state index in [2.05, 4.69) is 47.1 Å². The minimum Gasteiger partial charge on any atom is -0.493 e. The first kappa shape index (κ1) is 13.3. The molecule has 6 heteroatoms. The van der Waals surface area contributed by atoms with Gasteiger partial charge in [0.15, 0.2) is 5.69 Å². The molecule has 0 aliphatic carbocycles. The van der Waals surface area contributed by atoms with Crippen molar-refractivity contribution in [1.29, 1.82) is 0 Å². The normalized spacial score (nSPS) is 11.5. The maximum Gasteiger partial charge on any atom is 0.218 e. The molecule has 0 bridgehead atoms. The molecule has 2 aromatic carbocycles. The Kier molecular flexibility index (Phi) is 3.58. The first-order valence-corrected chi connectivity index (χ1v) is 7.39. The SMILES string of the molecule is Oc1[nH]c2ccc(Br)cc2c1N=Nc1ccc(Br)cc1. The van der Waals surface area contributed by atoms with Gasteiger partial charge in [-0.05, 0) is 42.5 Å². The number of H-pyrrole nitrogens is 1. The van der Waals surface area contributed by atoms with Crippen molar-refractivity contribution >= 4 is 54.1 Å². The lowest BCUT2D eigenvalue weighted by molar-refractivity contribution is 0.459. The summed E-state index contributed by atoms with van der Waals surface area (Å²) in [6, 6.07) is 13.1. The molecule has 100 valence electrons. The summed E-state index contributed by atoms with van der Waals surface area (Å²) >= 11 is 6.77. The van der Waals surface area contributed by atoms with Crippen LogP contribution in [0.4, 0.5) is 11.4 Å². The summed E-state index contributed by atoms with van der Waals surface area (Å²) in [5, 5.41) is 19.0. The zero-order chi connectivity index (χ0) is 14.1. The van der Waals surface area contributed by atoms with Gasteiger partial charge in [-0.2, -0.15) is 5.11 Å². The van der Waals surface area contributed by atoms with Gasteiger partial charge >= 0.3 is 0 Å². The minimum absolute atomic E-state index is 0.0129. The molecule has 3 aromatic rings. The van der Waals surface area contributed by atoms with Gasteiger partial charge in [-0.25, -0.2) is 0 Å². The van der Waals surface area contributed by atoms with Crippen molar-refractivity contribution in [3.05, 3.63) is 51.4 Å². The van der Waals surface area contributed by atoms with Gasteiger partial charge in [0.2, 0.25) is 5.88 Å². The Hall–Kier alpha value is -1.66. The number of aromatic hydroxyl groups is 1. The Labute approximate surface area is 131 Å². The summed E-state index contributed by atoms with van der Waals surface area (Å²) in [4.78, 5) is 2.87. The lowest BCUT2D eigenvalue weighted by atomic mass is 10.2. The molecule has 3 rings (SSSR count). The van der Waals surface area contributed by atoms with E-state index in [1.54, 1.807) is 0 Å². The third-order valence-corrected chi connectivity index (χ3v) is 3.83. The minimum atomic E-state index is 0.0129. The molecular formula is C14H9Br2N3O. The van der Waals surface area contributed by atoms with Gasteiger partial charge in [0.05, 0.1) is 11.2 Å². The topological polar surface area (TPSA) is 60.7 Å². The van der Waals surface area contributed by atoms with E-state index in [0.717, 1.165) is 25.5 Å². The van der Waals surface area contributed by atoms with Crippen molar-refractivity contribution in [1.82, 2.24) is 4.98 Å².